The quantitative estimate of drug-likeness (QED) is 0.252. The van der Waals surface area contributed by atoms with E-state index in [0.29, 0.717) is 28.6 Å². The van der Waals surface area contributed by atoms with Gasteiger partial charge in [0, 0.05) is 11.6 Å². The lowest BCUT2D eigenvalue weighted by Crippen LogP contribution is -2.39. The summed E-state index contributed by atoms with van der Waals surface area (Å²) in [6.07, 6.45) is -0.942. The Balaban J connectivity index is 1.22. The lowest BCUT2D eigenvalue weighted by atomic mass is 9.83. The van der Waals surface area contributed by atoms with E-state index < -0.39 is 18.0 Å². The molecule has 41 heavy (non-hydrogen) atoms. The smallest absolute Gasteiger partial charge is 0.356 e. The molecular formula is C32H23FN2O6. The van der Waals surface area contributed by atoms with Crippen molar-refractivity contribution in [2.24, 2.45) is 5.73 Å². The van der Waals surface area contributed by atoms with E-state index in [2.05, 4.69) is 6.07 Å². The maximum Gasteiger partial charge on any atom is 0.356 e. The van der Waals surface area contributed by atoms with Crippen molar-refractivity contribution in [3.63, 3.8) is 0 Å². The Hall–Kier alpha value is -5.49. The molecule has 2 heterocycles. The van der Waals surface area contributed by atoms with Crippen LogP contribution < -0.4 is 29.4 Å². The van der Waals surface area contributed by atoms with Crippen LogP contribution in [0.5, 0.6) is 28.7 Å². The van der Waals surface area contributed by atoms with Gasteiger partial charge in [-0.05, 0) is 53.6 Å². The first kappa shape index (κ1) is 25.8. The van der Waals surface area contributed by atoms with Crippen LogP contribution in [0.1, 0.15) is 22.6 Å². The van der Waals surface area contributed by atoms with Crippen LogP contribution in [-0.4, -0.2) is 18.7 Å². The summed E-state index contributed by atoms with van der Waals surface area (Å²) in [4.78, 5) is 12.8. The number of halogens is 1. The number of ether oxygens (including phenoxy) is 5. The molecule has 4 aromatic rings. The molecule has 0 spiro atoms. The number of para-hydroxylation sites is 2. The molecule has 2 aliphatic rings. The molecule has 0 aliphatic carbocycles. The second-order valence-electron chi connectivity index (χ2n) is 9.40. The largest absolute Gasteiger partial charge is 0.489 e. The number of esters is 1. The summed E-state index contributed by atoms with van der Waals surface area (Å²) < 4.78 is 41.9. The van der Waals surface area contributed by atoms with E-state index in [9.17, 15) is 14.4 Å². The Kier molecular flexibility index (Phi) is 6.88. The Labute approximate surface area is 234 Å². The van der Waals surface area contributed by atoms with Crippen molar-refractivity contribution in [1.82, 2.24) is 0 Å². The number of hydrogen-bond donors (Lipinski definition) is 1. The fourth-order valence-corrected chi connectivity index (χ4v) is 4.69. The molecule has 4 aromatic carbocycles. The number of allylic oxidation sites excluding steroid dienone is 1. The fourth-order valence-electron chi connectivity index (χ4n) is 4.69. The highest BCUT2D eigenvalue weighted by Crippen LogP contribution is 2.44. The average Bonchev–Trinajstić information content (AvgIpc) is 3.00. The molecule has 2 aliphatic heterocycles. The third-order valence-electron chi connectivity index (χ3n) is 6.69. The van der Waals surface area contributed by atoms with Crippen LogP contribution in [0.2, 0.25) is 0 Å². The number of nitrogens with zero attached hydrogens (tertiary/aromatic N) is 1. The molecule has 0 radical (unpaired) electrons. The van der Waals surface area contributed by atoms with E-state index >= 15 is 0 Å². The van der Waals surface area contributed by atoms with Crippen LogP contribution >= 0.6 is 0 Å². The van der Waals surface area contributed by atoms with Crippen LogP contribution in [0.3, 0.4) is 0 Å². The molecule has 0 saturated carbocycles. The second-order valence-corrected chi connectivity index (χ2v) is 9.40. The molecule has 2 atom stereocenters. The number of nitriles is 1. The summed E-state index contributed by atoms with van der Waals surface area (Å²) in [7, 11) is 0. The maximum atomic E-state index is 13.2. The van der Waals surface area contributed by atoms with E-state index in [-0.39, 0.29) is 36.2 Å². The van der Waals surface area contributed by atoms with Crippen molar-refractivity contribution in [1.29, 1.82) is 5.26 Å². The molecule has 2 N–H and O–H groups in total. The van der Waals surface area contributed by atoms with Crippen molar-refractivity contribution < 1.29 is 32.9 Å². The van der Waals surface area contributed by atoms with Gasteiger partial charge in [-0.2, -0.15) is 5.26 Å². The highest BCUT2D eigenvalue weighted by molar-refractivity contribution is 5.78. The van der Waals surface area contributed by atoms with Crippen LogP contribution in [0.15, 0.2) is 102 Å². The van der Waals surface area contributed by atoms with Crippen molar-refractivity contribution in [3.8, 4) is 34.8 Å². The van der Waals surface area contributed by atoms with Gasteiger partial charge < -0.3 is 29.4 Å². The van der Waals surface area contributed by atoms with Gasteiger partial charge >= 0.3 is 5.97 Å². The Morgan fingerprint density at radius 3 is 2.56 bits per heavy atom. The van der Waals surface area contributed by atoms with Gasteiger partial charge in [0.05, 0.1) is 5.92 Å². The first-order chi connectivity index (χ1) is 20.0. The number of carbonyl (C=O) groups is 1. The molecule has 204 valence electrons. The summed E-state index contributed by atoms with van der Waals surface area (Å²) in [5, 5.41) is 9.93. The molecule has 0 amide bonds. The van der Waals surface area contributed by atoms with Crippen LogP contribution in [0, 0.1) is 17.1 Å². The van der Waals surface area contributed by atoms with Gasteiger partial charge in [0.2, 0.25) is 12.0 Å². The highest BCUT2D eigenvalue weighted by Gasteiger charge is 2.33. The monoisotopic (exact) mass is 550 g/mol. The predicted octanol–water partition coefficient (Wildman–Crippen LogP) is 5.37. The van der Waals surface area contributed by atoms with E-state index in [1.807, 2.05) is 24.3 Å². The zero-order valence-corrected chi connectivity index (χ0v) is 21.6. The summed E-state index contributed by atoms with van der Waals surface area (Å²) in [5.41, 5.74) is 8.63. The minimum absolute atomic E-state index is 0.0140. The molecule has 0 aromatic heterocycles. The third-order valence-corrected chi connectivity index (χ3v) is 6.69. The number of benzene rings is 4. The van der Waals surface area contributed by atoms with Crippen LogP contribution in [-0.2, 0) is 11.4 Å². The molecule has 0 fully saturated rings. The number of rotatable bonds is 6. The van der Waals surface area contributed by atoms with E-state index in [0.717, 1.165) is 11.1 Å². The Morgan fingerprint density at radius 2 is 1.76 bits per heavy atom. The summed E-state index contributed by atoms with van der Waals surface area (Å²) in [5.74, 6) is 0.619. The van der Waals surface area contributed by atoms with Gasteiger partial charge in [-0.3, -0.25) is 0 Å². The van der Waals surface area contributed by atoms with Crippen molar-refractivity contribution in [2.75, 3.05) is 6.61 Å². The first-order valence-corrected chi connectivity index (χ1v) is 12.8. The summed E-state index contributed by atoms with van der Waals surface area (Å²) in [6, 6.07) is 27.5. The van der Waals surface area contributed by atoms with Gasteiger partial charge in [-0.1, -0.05) is 42.5 Å². The third kappa shape index (κ3) is 5.36. The second kappa shape index (κ2) is 10.9. The minimum atomic E-state index is -0.942. The standard InChI is InChI=1S/C32H23FN2O6/c33-21-10-8-19(9-11-21)17-37-22-5-3-4-20(14-22)30-24-13-12-23(15-28(24)41-31(35)25(30)16-34)39-32(36)29-18-38-26-6-1-2-7-27(26)40-29/h1-15,29-30H,17-18,35H2. The normalized spacial score (nSPS) is 17.1. The van der Waals surface area contributed by atoms with Gasteiger partial charge in [0.25, 0.3) is 0 Å². The van der Waals surface area contributed by atoms with Crippen LogP contribution in [0.25, 0.3) is 0 Å². The van der Waals surface area contributed by atoms with Crippen LogP contribution in [0.4, 0.5) is 4.39 Å². The zero-order valence-electron chi connectivity index (χ0n) is 21.6. The molecule has 6 rings (SSSR count). The van der Waals surface area contributed by atoms with E-state index in [1.54, 1.807) is 54.6 Å². The molecule has 8 nitrogen and oxygen atoms in total. The summed E-state index contributed by atoms with van der Waals surface area (Å²) in [6.45, 7) is 0.257. The maximum absolute atomic E-state index is 13.2. The highest BCUT2D eigenvalue weighted by atomic mass is 19.1. The molecule has 0 saturated heterocycles. The van der Waals surface area contributed by atoms with Crippen molar-refractivity contribution >= 4 is 5.97 Å². The lowest BCUT2D eigenvalue weighted by molar-refractivity contribution is -0.144. The van der Waals surface area contributed by atoms with Gasteiger partial charge in [-0.15, -0.1) is 0 Å². The van der Waals surface area contributed by atoms with E-state index in [4.69, 9.17) is 29.4 Å². The summed E-state index contributed by atoms with van der Waals surface area (Å²) >= 11 is 0. The Morgan fingerprint density at radius 1 is 0.951 bits per heavy atom. The molecule has 0 bridgehead atoms. The molecule has 9 heteroatoms. The number of fused-ring (bicyclic) bond motifs is 2. The zero-order chi connectivity index (χ0) is 28.3. The predicted molar refractivity (Wildman–Crippen MR) is 145 cm³/mol. The molecular weight excluding hydrogens is 527 g/mol. The van der Waals surface area contributed by atoms with Gasteiger partial charge in [-0.25, -0.2) is 9.18 Å². The minimum Gasteiger partial charge on any atom is -0.489 e. The van der Waals surface area contributed by atoms with Crippen molar-refractivity contribution in [2.45, 2.75) is 18.6 Å². The molecule has 2 unspecified atom stereocenters. The number of nitrogens with two attached hydrogens (primary N) is 1. The van der Waals surface area contributed by atoms with Crippen molar-refractivity contribution in [3.05, 3.63) is 125 Å². The average molecular weight is 551 g/mol. The topological polar surface area (TPSA) is 113 Å². The first-order valence-electron chi connectivity index (χ1n) is 12.8. The SMILES string of the molecule is N#CC1=C(N)Oc2cc(OC(=O)C3COc4ccccc4O3)ccc2C1c1cccc(OCc2ccc(F)cc2)c1. The van der Waals surface area contributed by atoms with Gasteiger partial charge in [0.1, 0.15) is 47.9 Å². The lowest BCUT2D eigenvalue weighted by Gasteiger charge is -2.27. The van der Waals surface area contributed by atoms with Gasteiger partial charge in [0.15, 0.2) is 11.5 Å². The van der Waals surface area contributed by atoms with E-state index in [1.165, 1.54) is 12.1 Å². The Bertz CT molecular complexity index is 1700. The number of hydrogen-bond acceptors (Lipinski definition) is 8. The number of carbonyl (C=O) groups excluding carboxylic acids is 1. The fraction of sp³-hybridized carbons (Fsp3) is 0.125.